The molecule has 0 saturated carbocycles. The third-order valence-corrected chi connectivity index (χ3v) is 3.85. The van der Waals surface area contributed by atoms with Crippen molar-refractivity contribution in [1.29, 1.82) is 0 Å². The summed E-state index contributed by atoms with van der Waals surface area (Å²) in [7, 11) is 0. The zero-order valence-corrected chi connectivity index (χ0v) is 10.0. The van der Waals surface area contributed by atoms with Gasteiger partial charge >= 0.3 is 0 Å². The Kier molecular flexibility index (Phi) is 3.04. The number of fused-ring (bicyclic) bond motifs is 1. The molecule has 2 rings (SSSR count). The van der Waals surface area contributed by atoms with E-state index in [1.54, 1.807) is 0 Å². The molecule has 0 aromatic rings. The van der Waals surface area contributed by atoms with Gasteiger partial charge in [0.1, 0.15) is 6.17 Å². The van der Waals surface area contributed by atoms with Crippen LogP contribution in [-0.4, -0.2) is 41.9 Å². The molecule has 0 aromatic heterocycles. The lowest BCUT2D eigenvalue weighted by Crippen LogP contribution is -2.45. The van der Waals surface area contributed by atoms with Crippen molar-refractivity contribution in [2.75, 3.05) is 13.2 Å². The second kappa shape index (κ2) is 4.02. The first-order chi connectivity index (χ1) is 7.03. The number of ether oxygens (including phenoxy) is 1. The Hall–Kier alpha value is -0.150. The number of hydrogen-bond acceptors (Lipinski definition) is 2. The minimum absolute atomic E-state index is 0.0170. The van der Waals surface area contributed by atoms with Crippen LogP contribution in [0.15, 0.2) is 0 Å². The molecule has 0 amide bonds. The van der Waals surface area contributed by atoms with Gasteiger partial charge in [0.25, 0.3) is 0 Å². The molecule has 3 atom stereocenters. The van der Waals surface area contributed by atoms with Gasteiger partial charge in [-0.25, -0.2) is 4.39 Å². The summed E-state index contributed by atoms with van der Waals surface area (Å²) in [5, 5.41) is 0. The van der Waals surface area contributed by atoms with E-state index in [2.05, 4.69) is 11.8 Å². The summed E-state index contributed by atoms with van der Waals surface area (Å²) in [6.07, 6.45) is 2.55. The molecule has 0 spiro atoms. The van der Waals surface area contributed by atoms with Gasteiger partial charge in [0.2, 0.25) is 0 Å². The molecule has 2 saturated heterocycles. The summed E-state index contributed by atoms with van der Waals surface area (Å²) < 4.78 is 19.2. The predicted molar refractivity (Wildman–Crippen MR) is 58.7 cm³/mol. The van der Waals surface area contributed by atoms with Crippen LogP contribution >= 0.6 is 0 Å². The van der Waals surface area contributed by atoms with E-state index >= 15 is 0 Å². The van der Waals surface area contributed by atoms with Gasteiger partial charge in [-0.05, 0) is 33.6 Å². The van der Waals surface area contributed by atoms with E-state index in [0.717, 1.165) is 6.42 Å². The molecule has 0 N–H and O–H groups in total. The molecule has 0 bridgehead atoms. The van der Waals surface area contributed by atoms with Gasteiger partial charge in [-0.15, -0.1) is 0 Å². The molecule has 0 aliphatic carbocycles. The summed E-state index contributed by atoms with van der Waals surface area (Å²) in [6.45, 7) is 7.61. The molecule has 2 heterocycles. The lowest BCUT2D eigenvalue weighted by Gasteiger charge is -2.34. The second-order valence-electron chi connectivity index (χ2n) is 5.43. The summed E-state index contributed by atoms with van der Waals surface area (Å²) >= 11 is 0. The fourth-order valence-corrected chi connectivity index (χ4v) is 3.06. The molecule has 15 heavy (non-hydrogen) atoms. The molecule has 3 heteroatoms. The smallest absolute Gasteiger partial charge is 0.115 e. The first kappa shape index (κ1) is 11.3. The molecule has 88 valence electrons. The number of halogens is 1. The fraction of sp³-hybridized carbons (Fsp3) is 1.00. The Morgan fingerprint density at radius 3 is 2.93 bits per heavy atom. The van der Waals surface area contributed by atoms with E-state index in [0.29, 0.717) is 25.6 Å². The minimum atomic E-state index is -0.650. The molecule has 0 unspecified atom stereocenters. The van der Waals surface area contributed by atoms with Gasteiger partial charge in [-0.1, -0.05) is 0 Å². The summed E-state index contributed by atoms with van der Waals surface area (Å²) in [4.78, 5) is 2.33. The Labute approximate surface area is 91.8 Å². The number of hydrogen-bond donors (Lipinski definition) is 0. The van der Waals surface area contributed by atoms with E-state index in [1.165, 1.54) is 6.42 Å². The minimum Gasteiger partial charge on any atom is -0.377 e. The molecule has 2 aliphatic rings. The number of alkyl halides is 1. The molecule has 0 aromatic carbocycles. The Morgan fingerprint density at radius 2 is 2.27 bits per heavy atom. The van der Waals surface area contributed by atoms with Gasteiger partial charge < -0.3 is 4.74 Å². The van der Waals surface area contributed by atoms with Crippen molar-refractivity contribution < 1.29 is 9.13 Å². The van der Waals surface area contributed by atoms with Crippen molar-refractivity contribution in [3.05, 3.63) is 0 Å². The van der Waals surface area contributed by atoms with Crippen LogP contribution in [0.5, 0.6) is 0 Å². The lowest BCUT2D eigenvalue weighted by atomic mass is 9.94. The van der Waals surface area contributed by atoms with Gasteiger partial charge in [-0.3, -0.25) is 4.90 Å². The van der Waals surface area contributed by atoms with Crippen molar-refractivity contribution in [3.63, 3.8) is 0 Å². The maximum Gasteiger partial charge on any atom is 0.115 e. The highest BCUT2D eigenvalue weighted by Gasteiger charge is 2.51. The van der Waals surface area contributed by atoms with E-state index < -0.39 is 6.17 Å². The average Bonchev–Trinajstić information content (AvgIpc) is 2.62. The van der Waals surface area contributed by atoms with Crippen LogP contribution < -0.4 is 0 Å². The maximum absolute atomic E-state index is 13.5. The Morgan fingerprint density at radius 1 is 1.53 bits per heavy atom. The monoisotopic (exact) mass is 215 g/mol. The maximum atomic E-state index is 13.5. The van der Waals surface area contributed by atoms with E-state index in [1.807, 2.05) is 13.8 Å². The van der Waals surface area contributed by atoms with E-state index in [9.17, 15) is 4.39 Å². The van der Waals surface area contributed by atoms with Crippen molar-refractivity contribution in [2.45, 2.75) is 63.9 Å². The first-order valence-electron chi connectivity index (χ1n) is 6.06. The van der Waals surface area contributed by atoms with Gasteiger partial charge in [0, 0.05) is 24.5 Å². The highest BCUT2D eigenvalue weighted by Crippen LogP contribution is 2.43. The van der Waals surface area contributed by atoms with Crippen molar-refractivity contribution >= 4 is 0 Å². The summed E-state index contributed by atoms with van der Waals surface area (Å²) in [5.41, 5.74) is 0.0170. The quantitative estimate of drug-likeness (QED) is 0.716. The van der Waals surface area contributed by atoms with Crippen LogP contribution in [0.1, 0.15) is 40.0 Å². The normalized spacial score (nSPS) is 41.4. The number of rotatable bonds is 3. The predicted octanol–water partition coefficient (Wildman–Crippen LogP) is 2.38. The average molecular weight is 215 g/mol. The third kappa shape index (κ3) is 2.04. The molecule has 0 radical (unpaired) electrons. The van der Waals surface area contributed by atoms with Gasteiger partial charge in [0.05, 0.1) is 12.7 Å². The van der Waals surface area contributed by atoms with Crippen LogP contribution in [-0.2, 0) is 4.74 Å². The zero-order valence-electron chi connectivity index (χ0n) is 10.0. The zero-order chi connectivity index (χ0) is 11.1. The summed E-state index contributed by atoms with van der Waals surface area (Å²) in [6, 6.07) is 0.529. The molecular formula is C12H22FNO. The van der Waals surface area contributed by atoms with Crippen molar-refractivity contribution in [1.82, 2.24) is 4.90 Å². The molecule has 2 nitrogen and oxygen atoms in total. The first-order valence-corrected chi connectivity index (χ1v) is 6.06. The highest BCUT2D eigenvalue weighted by molar-refractivity contribution is 5.06. The molecule has 2 fully saturated rings. The SMILES string of the molecule is CC(C)OC[C@]12CC[C@H](C)N1C[C@H](F)C2. The topological polar surface area (TPSA) is 12.5 Å². The van der Waals surface area contributed by atoms with Gasteiger partial charge in [-0.2, -0.15) is 0 Å². The second-order valence-corrected chi connectivity index (χ2v) is 5.43. The molecule has 2 aliphatic heterocycles. The van der Waals surface area contributed by atoms with Crippen LogP contribution in [0.4, 0.5) is 4.39 Å². The van der Waals surface area contributed by atoms with E-state index in [-0.39, 0.29) is 11.6 Å². The molecular weight excluding hydrogens is 193 g/mol. The van der Waals surface area contributed by atoms with Gasteiger partial charge in [0.15, 0.2) is 0 Å². The number of nitrogens with zero attached hydrogens (tertiary/aromatic N) is 1. The Bertz CT molecular complexity index is 234. The van der Waals surface area contributed by atoms with Crippen molar-refractivity contribution in [3.8, 4) is 0 Å². The van der Waals surface area contributed by atoms with Crippen LogP contribution in [0.3, 0.4) is 0 Å². The standard InChI is InChI=1S/C12H22FNO/c1-9(2)15-8-12-5-4-10(3)14(12)7-11(13)6-12/h9-11H,4-8H2,1-3H3/t10-,11+,12+/m0/s1. The lowest BCUT2D eigenvalue weighted by molar-refractivity contribution is -0.00371. The summed E-state index contributed by atoms with van der Waals surface area (Å²) in [5.74, 6) is 0. The largest absolute Gasteiger partial charge is 0.377 e. The Balaban J connectivity index is 2.04. The highest BCUT2D eigenvalue weighted by atomic mass is 19.1. The van der Waals surface area contributed by atoms with E-state index in [4.69, 9.17) is 4.74 Å². The third-order valence-electron chi connectivity index (χ3n) is 3.85. The van der Waals surface area contributed by atoms with Crippen LogP contribution in [0.2, 0.25) is 0 Å². The van der Waals surface area contributed by atoms with Crippen LogP contribution in [0, 0.1) is 0 Å². The fourth-order valence-electron chi connectivity index (χ4n) is 3.06. The van der Waals surface area contributed by atoms with Crippen molar-refractivity contribution in [2.24, 2.45) is 0 Å². The van der Waals surface area contributed by atoms with Crippen LogP contribution in [0.25, 0.3) is 0 Å².